The van der Waals surface area contributed by atoms with E-state index in [1.54, 1.807) is 5.32 Å². The lowest BCUT2D eigenvalue weighted by Gasteiger charge is -2.14. The first-order chi connectivity index (χ1) is 5.52. The van der Waals surface area contributed by atoms with Gasteiger partial charge in [0, 0.05) is 6.92 Å². The van der Waals surface area contributed by atoms with Crippen LogP contribution in [0.15, 0.2) is 0 Å². The largest absolute Gasteiger partial charge is 0.346 e. The van der Waals surface area contributed by atoms with E-state index in [-0.39, 0.29) is 12.4 Å². The highest BCUT2D eigenvalue weighted by Crippen LogP contribution is 2.19. The van der Waals surface area contributed by atoms with Gasteiger partial charge in [0.15, 0.2) is 18.8 Å². The van der Waals surface area contributed by atoms with Gasteiger partial charge in [0.2, 0.25) is 5.91 Å². The third-order valence-electron chi connectivity index (χ3n) is 1.63. The van der Waals surface area contributed by atoms with Crippen LogP contribution in [0.3, 0.4) is 0 Å². The summed E-state index contributed by atoms with van der Waals surface area (Å²) in [5.41, 5.74) is 0. The Morgan fingerprint density at radius 1 is 1.31 bits per heavy atom. The Bertz CT molecular complexity index is 195. The fraction of sp³-hybridized carbons (Fsp3) is 0.833. The summed E-state index contributed by atoms with van der Waals surface area (Å²) in [7, 11) is 0. The van der Waals surface area contributed by atoms with Gasteiger partial charge in [-0.25, -0.2) is 13.2 Å². The molecular weight excluding hydrogens is 209 g/mol. The number of carbonyl (C=O) groups is 1. The van der Waals surface area contributed by atoms with E-state index in [9.17, 15) is 18.0 Å². The molecule has 13 heavy (non-hydrogen) atoms. The molecule has 1 saturated heterocycles. The summed E-state index contributed by atoms with van der Waals surface area (Å²) in [6, 6.07) is -1.42. The summed E-state index contributed by atoms with van der Waals surface area (Å²) in [5.74, 6) is -0.582. The topological polar surface area (TPSA) is 41.1 Å². The fourth-order valence-electron chi connectivity index (χ4n) is 1.08. The second-order valence-corrected chi connectivity index (χ2v) is 2.64. The first kappa shape index (κ1) is 12.5. The third kappa shape index (κ3) is 2.73. The lowest BCUT2D eigenvalue weighted by molar-refractivity contribution is -0.120. The smallest absolute Gasteiger partial charge is 0.217 e. The van der Waals surface area contributed by atoms with Crippen LogP contribution >= 0.6 is 12.4 Å². The highest BCUT2D eigenvalue weighted by Gasteiger charge is 2.44. The van der Waals surface area contributed by atoms with Gasteiger partial charge < -0.3 is 5.32 Å². The Morgan fingerprint density at radius 3 is 2.15 bits per heavy atom. The number of alkyl halides is 3. The van der Waals surface area contributed by atoms with E-state index in [4.69, 9.17) is 0 Å². The van der Waals surface area contributed by atoms with Gasteiger partial charge in [-0.1, -0.05) is 0 Å². The summed E-state index contributed by atoms with van der Waals surface area (Å²) in [6.45, 7) is 1.12. The van der Waals surface area contributed by atoms with Crippen LogP contribution in [0.4, 0.5) is 13.2 Å². The Labute approximate surface area is 79.5 Å². The summed E-state index contributed by atoms with van der Waals surface area (Å²) in [6.07, 6.45) is -5.93. The third-order valence-corrected chi connectivity index (χ3v) is 1.63. The quantitative estimate of drug-likeness (QED) is 0.628. The molecule has 1 aliphatic rings. The predicted molar refractivity (Wildman–Crippen MR) is 42.7 cm³/mol. The number of rotatable bonds is 1. The minimum absolute atomic E-state index is 0. The van der Waals surface area contributed by atoms with Gasteiger partial charge in [0.1, 0.15) is 6.04 Å². The van der Waals surface area contributed by atoms with Gasteiger partial charge in [-0.05, 0) is 0 Å². The normalized spacial score (nSPS) is 38.2. The minimum atomic E-state index is -2.04. The Balaban J connectivity index is 0.00000144. The van der Waals surface area contributed by atoms with Gasteiger partial charge >= 0.3 is 0 Å². The molecule has 0 aromatic rings. The van der Waals surface area contributed by atoms with Gasteiger partial charge in [-0.15, -0.1) is 12.4 Å². The Hall–Kier alpha value is -0.490. The molecule has 0 bridgehead atoms. The molecule has 0 radical (unpaired) electrons. The second-order valence-electron chi connectivity index (χ2n) is 2.64. The van der Waals surface area contributed by atoms with Crippen molar-refractivity contribution in [3.63, 3.8) is 0 Å². The molecule has 3 nitrogen and oxygen atoms in total. The van der Waals surface area contributed by atoms with Crippen LogP contribution < -0.4 is 10.6 Å². The Kier molecular flexibility index (Phi) is 4.49. The molecule has 0 aromatic heterocycles. The molecule has 4 atom stereocenters. The van der Waals surface area contributed by atoms with E-state index in [1.807, 2.05) is 5.32 Å². The molecule has 1 fully saturated rings. The average Bonchev–Trinajstić information content (AvgIpc) is 2.16. The fourth-order valence-corrected chi connectivity index (χ4v) is 1.08. The summed E-state index contributed by atoms with van der Waals surface area (Å²) in [4.78, 5) is 10.4. The van der Waals surface area contributed by atoms with Crippen molar-refractivity contribution in [2.75, 3.05) is 0 Å². The van der Waals surface area contributed by atoms with Crippen LogP contribution in [0.1, 0.15) is 6.92 Å². The summed E-state index contributed by atoms with van der Waals surface area (Å²) >= 11 is 0. The number of hydrogen-bond donors (Lipinski definition) is 2. The van der Waals surface area contributed by atoms with Crippen LogP contribution in [0.2, 0.25) is 0 Å². The van der Waals surface area contributed by atoms with Crippen LogP contribution in [0.5, 0.6) is 0 Å². The highest BCUT2D eigenvalue weighted by atomic mass is 35.5. The molecule has 0 aliphatic carbocycles. The SMILES string of the molecule is CC(=O)NC1C(F)NC(F)C1F.Cl. The molecule has 0 saturated carbocycles. The van der Waals surface area contributed by atoms with Crippen molar-refractivity contribution >= 4 is 18.3 Å². The van der Waals surface area contributed by atoms with Crippen molar-refractivity contribution < 1.29 is 18.0 Å². The molecule has 7 heteroatoms. The van der Waals surface area contributed by atoms with E-state index in [2.05, 4.69) is 0 Å². The Morgan fingerprint density at radius 2 is 1.85 bits per heavy atom. The minimum Gasteiger partial charge on any atom is -0.346 e. The first-order valence-electron chi connectivity index (χ1n) is 3.47. The molecule has 1 aliphatic heterocycles. The lowest BCUT2D eigenvalue weighted by atomic mass is 10.2. The molecule has 2 N–H and O–H groups in total. The predicted octanol–water partition coefficient (Wildman–Crippen LogP) is 0.445. The molecule has 1 heterocycles. The maximum Gasteiger partial charge on any atom is 0.217 e. The second kappa shape index (κ2) is 4.66. The number of hydrogen-bond acceptors (Lipinski definition) is 2. The van der Waals surface area contributed by atoms with Gasteiger partial charge in [0.25, 0.3) is 0 Å². The van der Waals surface area contributed by atoms with Crippen molar-refractivity contribution in [2.24, 2.45) is 0 Å². The molecule has 4 unspecified atom stereocenters. The monoisotopic (exact) mass is 218 g/mol. The van der Waals surface area contributed by atoms with E-state index in [1.165, 1.54) is 0 Å². The number of nitrogens with one attached hydrogen (secondary N) is 2. The summed E-state index contributed by atoms with van der Waals surface area (Å²) in [5, 5.41) is 3.68. The highest BCUT2D eigenvalue weighted by molar-refractivity contribution is 5.85. The molecule has 1 amide bonds. The number of halogens is 4. The zero-order chi connectivity index (χ0) is 9.30. The van der Waals surface area contributed by atoms with E-state index in [0.29, 0.717) is 0 Å². The van der Waals surface area contributed by atoms with E-state index >= 15 is 0 Å². The van der Waals surface area contributed by atoms with Crippen LogP contribution in [-0.2, 0) is 4.79 Å². The van der Waals surface area contributed by atoms with Crippen molar-refractivity contribution in [1.29, 1.82) is 0 Å². The molecule has 0 spiro atoms. The molecule has 0 aromatic carbocycles. The number of amides is 1. The average molecular weight is 219 g/mol. The maximum atomic E-state index is 12.7. The zero-order valence-electron chi connectivity index (χ0n) is 6.76. The van der Waals surface area contributed by atoms with Crippen LogP contribution in [0.25, 0.3) is 0 Å². The van der Waals surface area contributed by atoms with Crippen LogP contribution in [0, 0.1) is 0 Å². The van der Waals surface area contributed by atoms with Crippen molar-refractivity contribution in [2.45, 2.75) is 31.7 Å². The summed E-state index contributed by atoms with van der Waals surface area (Å²) < 4.78 is 37.7. The van der Waals surface area contributed by atoms with Gasteiger partial charge in [-0.2, -0.15) is 0 Å². The van der Waals surface area contributed by atoms with Crippen molar-refractivity contribution in [3.8, 4) is 0 Å². The van der Waals surface area contributed by atoms with E-state index < -0.39 is 30.7 Å². The zero-order valence-corrected chi connectivity index (χ0v) is 7.58. The lowest BCUT2D eigenvalue weighted by Crippen LogP contribution is -2.44. The maximum absolute atomic E-state index is 12.7. The molecular formula is C6H10ClF3N2O. The standard InChI is InChI=1S/C6H9F3N2O.ClH/c1-2(12)10-4-3(7)5(8)11-6(4)9;/h3-6,11H,1H3,(H,10,12);1H. The van der Waals surface area contributed by atoms with Crippen molar-refractivity contribution in [3.05, 3.63) is 0 Å². The molecule has 1 rings (SSSR count). The van der Waals surface area contributed by atoms with Gasteiger partial charge in [-0.3, -0.25) is 10.1 Å². The molecule has 78 valence electrons. The van der Waals surface area contributed by atoms with Gasteiger partial charge in [0.05, 0.1) is 0 Å². The van der Waals surface area contributed by atoms with E-state index in [0.717, 1.165) is 6.92 Å². The van der Waals surface area contributed by atoms with Crippen LogP contribution in [-0.4, -0.2) is 30.7 Å². The van der Waals surface area contributed by atoms with Crippen molar-refractivity contribution in [1.82, 2.24) is 10.6 Å². The first-order valence-corrected chi connectivity index (χ1v) is 3.47. The number of carbonyl (C=O) groups excluding carboxylic acids is 1.